The van der Waals surface area contributed by atoms with E-state index in [-0.39, 0.29) is 24.1 Å². The molecule has 6 nitrogen and oxygen atoms in total. The third kappa shape index (κ3) is 4.09. The van der Waals surface area contributed by atoms with Crippen molar-refractivity contribution in [3.8, 4) is 5.69 Å². The van der Waals surface area contributed by atoms with Crippen LogP contribution in [0, 0.1) is 12.8 Å². The summed E-state index contributed by atoms with van der Waals surface area (Å²) in [4.78, 5) is 12.3. The fraction of sp³-hybridized carbons (Fsp3) is 0.438. The van der Waals surface area contributed by atoms with Gasteiger partial charge in [-0.1, -0.05) is 42.3 Å². The molecule has 1 heterocycles. The fourth-order valence-electron chi connectivity index (χ4n) is 2.35. The van der Waals surface area contributed by atoms with E-state index in [1.54, 1.807) is 17.7 Å². The number of rotatable bonds is 7. The van der Waals surface area contributed by atoms with Crippen LogP contribution in [0.2, 0.25) is 5.02 Å². The van der Waals surface area contributed by atoms with Gasteiger partial charge < -0.3 is 10.4 Å². The molecule has 0 radical (unpaired) electrons. The number of aromatic nitrogens is 3. The van der Waals surface area contributed by atoms with Crippen molar-refractivity contribution in [1.82, 2.24) is 20.3 Å². The Morgan fingerprint density at radius 3 is 2.83 bits per heavy atom. The van der Waals surface area contributed by atoms with Gasteiger partial charge in [-0.05, 0) is 31.4 Å². The van der Waals surface area contributed by atoms with E-state index in [1.807, 2.05) is 25.1 Å². The van der Waals surface area contributed by atoms with E-state index in [4.69, 9.17) is 16.7 Å². The van der Waals surface area contributed by atoms with Crippen molar-refractivity contribution in [2.75, 3.05) is 13.2 Å². The van der Waals surface area contributed by atoms with Crippen LogP contribution in [0.5, 0.6) is 0 Å². The molecular weight excluding hydrogens is 316 g/mol. The Morgan fingerprint density at radius 1 is 1.43 bits per heavy atom. The van der Waals surface area contributed by atoms with Crippen molar-refractivity contribution in [2.45, 2.75) is 26.7 Å². The van der Waals surface area contributed by atoms with E-state index >= 15 is 0 Å². The molecule has 0 saturated carbocycles. The van der Waals surface area contributed by atoms with Crippen LogP contribution in [0.4, 0.5) is 0 Å². The van der Waals surface area contributed by atoms with Crippen LogP contribution in [0.1, 0.15) is 35.9 Å². The van der Waals surface area contributed by atoms with Crippen molar-refractivity contribution in [1.29, 1.82) is 0 Å². The lowest BCUT2D eigenvalue weighted by Crippen LogP contribution is -2.30. The van der Waals surface area contributed by atoms with Crippen molar-refractivity contribution >= 4 is 17.5 Å². The molecule has 7 heteroatoms. The molecule has 0 aliphatic rings. The second kappa shape index (κ2) is 8.08. The third-order valence-electron chi connectivity index (χ3n) is 3.86. The number of aliphatic hydroxyl groups is 1. The van der Waals surface area contributed by atoms with Crippen molar-refractivity contribution < 1.29 is 9.90 Å². The Labute approximate surface area is 140 Å². The lowest BCUT2D eigenvalue weighted by atomic mass is 10.0. The van der Waals surface area contributed by atoms with E-state index in [0.29, 0.717) is 29.4 Å². The summed E-state index contributed by atoms with van der Waals surface area (Å²) in [5, 5.41) is 20.4. The van der Waals surface area contributed by atoms with Gasteiger partial charge in [0.05, 0.1) is 16.4 Å². The SMILES string of the molecule is CCC(CCO)CNC(=O)c1nnn(-c2ccccc2Cl)c1C. The zero-order valence-corrected chi connectivity index (χ0v) is 14.0. The number of halogens is 1. The molecule has 2 aromatic rings. The molecule has 0 fully saturated rings. The first-order valence-corrected chi connectivity index (χ1v) is 8.02. The maximum Gasteiger partial charge on any atom is 0.273 e. The summed E-state index contributed by atoms with van der Waals surface area (Å²) < 4.78 is 1.56. The normalized spacial score (nSPS) is 12.2. The van der Waals surface area contributed by atoms with Gasteiger partial charge in [-0.3, -0.25) is 4.79 Å². The predicted octanol–water partition coefficient (Wildman–Crippen LogP) is 2.37. The van der Waals surface area contributed by atoms with Gasteiger partial charge in [0.15, 0.2) is 5.69 Å². The zero-order valence-electron chi connectivity index (χ0n) is 13.3. The van der Waals surface area contributed by atoms with E-state index in [9.17, 15) is 4.79 Å². The summed E-state index contributed by atoms with van der Waals surface area (Å²) in [5.74, 6) is -0.0138. The Morgan fingerprint density at radius 2 is 2.17 bits per heavy atom. The average molecular weight is 337 g/mol. The van der Waals surface area contributed by atoms with Crippen molar-refractivity contribution in [3.05, 3.63) is 40.7 Å². The first-order valence-electron chi connectivity index (χ1n) is 7.64. The average Bonchev–Trinajstić information content (AvgIpc) is 2.93. The minimum atomic E-state index is -0.266. The van der Waals surface area contributed by atoms with Gasteiger partial charge in [0.25, 0.3) is 5.91 Å². The zero-order chi connectivity index (χ0) is 16.8. The number of benzene rings is 1. The van der Waals surface area contributed by atoms with Crippen LogP contribution >= 0.6 is 11.6 Å². The number of carbonyl (C=O) groups is 1. The van der Waals surface area contributed by atoms with E-state index < -0.39 is 0 Å². The molecule has 1 unspecified atom stereocenters. The molecule has 0 bridgehead atoms. The molecular formula is C16H21ClN4O2. The number of carbonyl (C=O) groups excluding carboxylic acids is 1. The Balaban J connectivity index is 2.13. The Hall–Kier alpha value is -1.92. The van der Waals surface area contributed by atoms with Crippen LogP contribution in [-0.4, -0.2) is 39.2 Å². The van der Waals surface area contributed by atoms with Crippen LogP contribution in [0.15, 0.2) is 24.3 Å². The topological polar surface area (TPSA) is 80.0 Å². The molecule has 1 aromatic heterocycles. The largest absolute Gasteiger partial charge is 0.396 e. The molecule has 1 atom stereocenters. The highest BCUT2D eigenvalue weighted by Gasteiger charge is 2.19. The van der Waals surface area contributed by atoms with Gasteiger partial charge in [-0.2, -0.15) is 0 Å². The van der Waals surface area contributed by atoms with Crippen LogP contribution < -0.4 is 5.32 Å². The molecule has 23 heavy (non-hydrogen) atoms. The van der Waals surface area contributed by atoms with Gasteiger partial charge >= 0.3 is 0 Å². The standard InChI is InChI=1S/C16H21ClN4O2/c1-3-12(8-9-22)10-18-16(23)15-11(2)21(20-19-15)14-7-5-4-6-13(14)17/h4-7,12,22H,3,8-10H2,1-2H3,(H,18,23). The van der Waals surface area contributed by atoms with Crippen molar-refractivity contribution in [2.24, 2.45) is 5.92 Å². The fourth-order valence-corrected chi connectivity index (χ4v) is 2.56. The van der Waals surface area contributed by atoms with Gasteiger partial charge in [0, 0.05) is 13.2 Å². The number of hydrogen-bond acceptors (Lipinski definition) is 4. The number of nitrogens with zero attached hydrogens (tertiary/aromatic N) is 3. The minimum absolute atomic E-state index is 0.121. The van der Waals surface area contributed by atoms with Gasteiger partial charge in [-0.25, -0.2) is 4.68 Å². The van der Waals surface area contributed by atoms with Crippen molar-refractivity contribution in [3.63, 3.8) is 0 Å². The van der Waals surface area contributed by atoms with Crippen LogP contribution in [-0.2, 0) is 0 Å². The number of hydrogen-bond donors (Lipinski definition) is 2. The van der Waals surface area contributed by atoms with Gasteiger partial charge in [0.2, 0.25) is 0 Å². The highest BCUT2D eigenvalue weighted by molar-refractivity contribution is 6.32. The highest BCUT2D eigenvalue weighted by Crippen LogP contribution is 2.21. The summed E-state index contributed by atoms with van der Waals surface area (Å²) in [6, 6.07) is 7.26. The molecule has 124 valence electrons. The first kappa shape index (κ1) is 17.4. The minimum Gasteiger partial charge on any atom is -0.396 e. The van der Waals surface area contributed by atoms with Crippen LogP contribution in [0.25, 0.3) is 5.69 Å². The maximum absolute atomic E-state index is 12.3. The van der Waals surface area contributed by atoms with Gasteiger partial charge in [-0.15, -0.1) is 5.10 Å². The lowest BCUT2D eigenvalue weighted by molar-refractivity contribution is 0.0938. The smallest absolute Gasteiger partial charge is 0.273 e. The molecule has 0 saturated heterocycles. The number of para-hydroxylation sites is 1. The molecule has 2 rings (SSSR count). The maximum atomic E-state index is 12.3. The second-order valence-electron chi connectivity index (χ2n) is 5.38. The number of amides is 1. The summed E-state index contributed by atoms with van der Waals surface area (Å²) in [7, 11) is 0. The highest BCUT2D eigenvalue weighted by atomic mass is 35.5. The second-order valence-corrected chi connectivity index (χ2v) is 5.79. The van der Waals surface area contributed by atoms with E-state index in [0.717, 1.165) is 6.42 Å². The Kier molecular flexibility index (Phi) is 6.12. The summed E-state index contributed by atoms with van der Waals surface area (Å²) in [5.41, 5.74) is 1.60. The molecule has 0 aliphatic heterocycles. The number of nitrogens with one attached hydrogen (secondary N) is 1. The Bertz CT molecular complexity index is 672. The lowest BCUT2D eigenvalue weighted by Gasteiger charge is -2.13. The molecule has 1 amide bonds. The predicted molar refractivity (Wildman–Crippen MR) is 88.9 cm³/mol. The van der Waals surface area contributed by atoms with E-state index in [1.165, 1.54) is 0 Å². The summed E-state index contributed by atoms with van der Waals surface area (Å²) >= 11 is 6.16. The monoisotopic (exact) mass is 336 g/mol. The first-order chi connectivity index (χ1) is 11.1. The molecule has 2 N–H and O–H groups in total. The number of aliphatic hydroxyl groups excluding tert-OH is 1. The third-order valence-corrected chi connectivity index (χ3v) is 4.18. The molecule has 1 aromatic carbocycles. The van der Waals surface area contributed by atoms with Gasteiger partial charge in [0.1, 0.15) is 0 Å². The van der Waals surface area contributed by atoms with Crippen LogP contribution in [0.3, 0.4) is 0 Å². The summed E-state index contributed by atoms with van der Waals surface area (Å²) in [6.45, 7) is 4.44. The summed E-state index contributed by atoms with van der Waals surface area (Å²) in [6.07, 6.45) is 1.56. The quantitative estimate of drug-likeness (QED) is 0.813. The molecule has 0 spiro atoms. The van der Waals surface area contributed by atoms with E-state index in [2.05, 4.69) is 15.6 Å². The molecule has 0 aliphatic carbocycles.